The van der Waals surface area contributed by atoms with Crippen LogP contribution in [0.2, 0.25) is 0 Å². The second-order valence-corrected chi connectivity index (χ2v) is 5.28. The third-order valence-corrected chi connectivity index (χ3v) is 3.97. The number of likely N-dealkylation sites (N-methyl/N-ethyl adjacent to an activating group) is 1. The minimum Gasteiger partial charge on any atom is -0.308 e. The number of benzene rings is 1. The van der Waals surface area contributed by atoms with Crippen molar-refractivity contribution in [2.45, 2.75) is 38.9 Å². The Kier molecular flexibility index (Phi) is 4.19. The van der Waals surface area contributed by atoms with E-state index in [4.69, 9.17) is 0 Å². The van der Waals surface area contributed by atoms with Gasteiger partial charge in [-0.05, 0) is 24.9 Å². The summed E-state index contributed by atoms with van der Waals surface area (Å²) in [5.41, 5.74) is 1.38. The molecular weight excluding hydrogens is 208 g/mol. The van der Waals surface area contributed by atoms with Crippen molar-refractivity contribution in [2.24, 2.45) is 5.92 Å². The lowest BCUT2D eigenvalue weighted by Gasteiger charge is -2.25. The molecule has 0 radical (unpaired) electrons. The highest BCUT2D eigenvalue weighted by Gasteiger charge is 2.35. The lowest BCUT2D eigenvalue weighted by molar-refractivity contribution is 0.273. The van der Waals surface area contributed by atoms with Crippen LogP contribution in [-0.2, 0) is 6.54 Å². The van der Waals surface area contributed by atoms with E-state index in [1.54, 1.807) is 0 Å². The summed E-state index contributed by atoms with van der Waals surface area (Å²) < 4.78 is 0. The standard InChI is InChI=1S/C15H24N2/c1-4-14-15(12(2)11-17(14)3)16-10-13-8-6-5-7-9-13/h5-9,12,14-16H,4,10-11H2,1-3H3. The molecule has 3 atom stereocenters. The van der Waals surface area contributed by atoms with Crippen molar-refractivity contribution in [1.29, 1.82) is 0 Å². The summed E-state index contributed by atoms with van der Waals surface area (Å²) in [4.78, 5) is 2.49. The van der Waals surface area contributed by atoms with Crippen molar-refractivity contribution >= 4 is 0 Å². The van der Waals surface area contributed by atoms with Gasteiger partial charge in [-0.25, -0.2) is 0 Å². The molecule has 0 saturated carbocycles. The van der Waals surface area contributed by atoms with Gasteiger partial charge in [-0.1, -0.05) is 44.2 Å². The summed E-state index contributed by atoms with van der Waals surface area (Å²) in [5, 5.41) is 3.74. The molecule has 3 unspecified atom stereocenters. The number of hydrogen-bond acceptors (Lipinski definition) is 2. The lowest BCUT2D eigenvalue weighted by atomic mass is 9.98. The molecule has 1 aliphatic rings. The van der Waals surface area contributed by atoms with Crippen LogP contribution in [0.25, 0.3) is 0 Å². The maximum atomic E-state index is 3.74. The zero-order valence-electron chi connectivity index (χ0n) is 11.2. The molecule has 1 saturated heterocycles. The van der Waals surface area contributed by atoms with Crippen molar-refractivity contribution in [3.63, 3.8) is 0 Å². The number of nitrogens with one attached hydrogen (secondary N) is 1. The molecule has 2 nitrogen and oxygen atoms in total. The molecule has 1 heterocycles. The molecule has 2 rings (SSSR count). The third-order valence-electron chi connectivity index (χ3n) is 3.97. The summed E-state index contributed by atoms with van der Waals surface area (Å²) in [6.45, 7) is 6.84. The molecule has 1 N–H and O–H groups in total. The number of rotatable bonds is 4. The Morgan fingerprint density at radius 2 is 2.00 bits per heavy atom. The highest BCUT2D eigenvalue weighted by Crippen LogP contribution is 2.24. The molecule has 0 bridgehead atoms. The molecule has 2 heteroatoms. The van der Waals surface area contributed by atoms with Crippen LogP contribution in [0.15, 0.2) is 30.3 Å². The smallest absolute Gasteiger partial charge is 0.0264 e. The molecular formula is C15H24N2. The van der Waals surface area contributed by atoms with Crippen molar-refractivity contribution in [1.82, 2.24) is 10.2 Å². The molecule has 94 valence electrons. The highest BCUT2D eigenvalue weighted by atomic mass is 15.2. The minimum absolute atomic E-state index is 0.630. The Balaban J connectivity index is 1.94. The average Bonchev–Trinajstić information content (AvgIpc) is 2.62. The topological polar surface area (TPSA) is 15.3 Å². The first-order valence-corrected chi connectivity index (χ1v) is 6.70. The van der Waals surface area contributed by atoms with Crippen LogP contribution in [-0.4, -0.2) is 30.6 Å². The third kappa shape index (κ3) is 2.88. The second kappa shape index (κ2) is 5.65. The largest absolute Gasteiger partial charge is 0.308 e. The van der Waals surface area contributed by atoms with Crippen LogP contribution in [0.5, 0.6) is 0 Å². The molecule has 1 aromatic carbocycles. The average molecular weight is 232 g/mol. The van der Waals surface area contributed by atoms with Gasteiger partial charge in [0.1, 0.15) is 0 Å². The van der Waals surface area contributed by atoms with Gasteiger partial charge in [0.25, 0.3) is 0 Å². The van der Waals surface area contributed by atoms with E-state index in [1.165, 1.54) is 18.5 Å². The van der Waals surface area contributed by atoms with E-state index in [2.05, 4.69) is 61.4 Å². The van der Waals surface area contributed by atoms with Crippen LogP contribution in [0.1, 0.15) is 25.8 Å². The van der Waals surface area contributed by atoms with Crippen LogP contribution in [0.3, 0.4) is 0 Å². The molecule has 1 aliphatic heterocycles. The van der Waals surface area contributed by atoms with Gasteiger partial charge in [0.15, 0.2) is 0 Å². The zero-order chi connectivity index (χ0) is 12.3. The first-order valence-electron chi connectivity index (χ1n) is 6.70. The van der Waals surface area contributed by atoms with Crippen LogP contribution in [0, 0.1) is 5.92 Å². The summed E-state index contributed by atoms with van der Waals surface area (Å²) in [7, 11) is 2.24. The van der Waals surface area contributed by atoms with E-state index in [0.717, 1.165) is 12.5 Å². The number of hydrogen-bond donors (Lipinski definition) is 1. The van der Waals surface area contributed by atoms with Crippen LogP contribution in [0.4, 0.5) is 0 Å². The first-order chi connectivity index (χ1) is 8.22. The normalized spacial score (nSPS) is 29.7. The Morgan fingerprint density at radius 3 is 2.65 bits per heavy atom. The fourth-order valence-electron chi connectivity index (χ4n) is 3.09. The molecule has 0 spiro atoms. The van der Waals surface area contributed by atoms with Gasteiger partial charge >= 0.3 is 0 Å². The number of likely N-dealkylation sites (tertiary alicyclic amines) is 1. The van der Waals surface area contributed by atoms with Crippen LogP contribution < -0.4 is 5.32 Å². The quantitative estimate of drug-likeness (QED) is 0.858. The Morgan fingerprint density at radius 1 is 1.29 bits per heavy atom. The Bertz CT molecular complexity index is 336. The van der Waals surface area contributed by atoms with E-state index in [-0.39, 0.29) is 0 Å². The lowest BCUT2D eigenvalue weighted by Crippen LogP contribution is -2.42. The maximum absolute atomic E-state index is 3.74. The Hall–Kier alpha value is -0.860. The maximum Gasteiger partial charge on any atom is 0.0264 e. The molecule has 1 fully saturated rings. The van der Waals surface area contributed by atoms with Gasteiger partial charge in [0.2, 0.25) is 0 Å². The van der Waals surface area contributed by atoms with Gasteiger partial charge in [0.05, 0.1) is 0 Å². The fraction of sp³-hybridized carbons (Fsp3) is 0.600. The van der Waals surface area contributed by atoms with Gasteiger partial charge in [0, 0.05) is 25.2 Å². The SMILES string of the molecule is CCC1C(NCc2ccccc2)C(C)CN1C. The van der Waals surface area contributed by atoms with Gasteiger partial charge in [-0.15, -0.1) is 0 Å². The predicted molar refractivity (Wildman–Crippen MR) is 72.9 cm³/mol. The molecule has 1 aromatic rings. The predicted octanol–water partition coefficient (Wildman–Crippen LogP) is 2.50. The monoisotopic (exact) mass is 232 g/mol. The first kappa shape index (κ1) is 12.6. The summed E-state index contributed by atoms with van der Waals surface area (Å²) in [6.07, 6.45) is 1.23. The summed E-state index contributed by atoms with van der Waals surface area (Å²) in [6, 6.07) is 12.0. The minimum atomic E-state index is 0.630. The van der Waals surface area contributed by atoms with Crippen molar-refractivity contribution < 1.29 is 0 Å². The van der Waals surface area contributed by atoms with E-state index < -0.39 is 0 Å². The molecule has 17 heavy (non-hydrogen) atoms. The Labute approximate surface area is 105 Å². The molecule has 0 aliphatic carbocycles. The van der Waals surface area contributed by atoms with Gasteiger partial charge in [-0.3, -0.25) is 0 Å². The van der Waals surface area contributed by atoms with E-state index in [1.807, 2.05) is 0 Å². The second-order valence-electron chi connectivity index (χ2n) is 5.28. The van der Waals surface area contributed by atoms with E-state index in [0.29, 0.717) is 12.1 Å². The fourth-order valence-corrected chi connectivity index (χ4v) is 3.09. The summed E-state index contributed by atoms with van der Waals surface area (Å²) >= 11 is 0. The van der Waals surface area contributed by atoms with Gasteiger partial charge < -0.3 is 10.2 Å². The number of nitrogens with zero attached hydrogens (tertiary/aromatic N) is 1. The van der Waals surface area contributed by atoms with Crippen molar-refractivity contribution in [3.05, 3.63) is 35.9 Å². The zero-order valence-corrected chi connectivity index (χ0v) is 11.2. The van der Waals surface area contributed by atoms with Gasteiger partial charge in [-0.2, -0.15) is 0 Å². The van der Waals surface area contributed by atoms with Crippen molar-refractivity contribution in [2.75, 3.05) is 13.6 Å². The van der Waals surface area contributed by atoms with Crippen LogP contribution >= 0.6 is 0 Å². The molecule has 0 amide bonds. The summed E-state index contributed by atoms with van der Waals surface area (Å²) in [5.74, 6) is 0.744. The van der Waals surface area contributed by atoms with Crippen molar-refractivity contribution in [3.8, 4) is 0 Å². The molecule has 0 aromatic heterocycles. The highest BCUT2D eigenvalue weighted by molar-refractivity contribution is 5.14. The van der Waals surface area contributed by atoms with E-state index >= 15 is 0 Å². The van der Waals surface area contributed by atoms with E-state index in [9.17, 15) is 0 Å².